The highest BCUT2D eigenvalue weighted by molar-refractivity contribution is 5.99. The zero-order valence-corrected chi connectivity index (χ0v) is 11.3. The molecule has 0 spiro atoms. The van der Waals surface area contributed by atoms with Gasteiger partial charge in [-0.15, -0.1) is 0 Å². The van der Waals surface area contributed by atoms with Crippen LogP contribution in [-0.2, 0) is 4.79 Å². The first kappa shape index (κ1) is 12.5. The molecule has 2 heterocycles. The van der Waals surface area contributed by atoms with Gasteiger partial charge in [0, 0.05) is 12.2 Å². The first-order valence-corrected chi connectivity index (χ1v) is 6.99. The van der Waals surface area contributed by atoms with Gasteiger partial charge < -0.3 is 9.64 Å². The summed E-state index contributed by atoms with van der Waals surface area (Å²) in [6.07, 6.45) is 3.41. The largest absolute Gasteiger partial charge is 0.497 e. The van der Waals surface area contributed by atoms with Gasteiger partial charge in [0.15, 0.2) is 0 Å². The number of rotatable bonds is 3. The number of hydrogen-bond acceptors (Lipinski definition) is 3. The first-order chi connectivity index (χ1) is 9.29. The van der Waals surface area contributed by atoms with Gasteiger partial charge in [-0.2, -0.15) is 0 Å². The lowest BCUT2D eigenvalue weighted by Gasteiger charge is -2.22. The van der Waals surface area contributed by atoms with Crippen LogP contribution in [0.3, 0.4) is 0 Å². The molecule has 4 nitrogen and oxygen atoms in total. The summed E-state index contributed by atoms with van der Waals surface area (Å²) in [5.41, 5.74) is 0.979. The van der Waals surface area contributed by atoms with Gasteiger partial charge >= 0.3 is 0 Å². The third-order valence-electron chi connectivity index (χ3n) is 4.14. The van der Waals surface area contributed by atoms with Crippen LogP contribution in [0.4, 0.5) is 5.69 Å². The van der Waals surface area contributed by atoms with Gasteiger partial charge in [-0.3, -0.25) is 9.69 Å². The van der Waals surface area contributed by atoms with E-state index in [-0.39, 0.29) is 11.9 Å². The highest BCUT2D eigenvalue weighted by Gasteiger charge is 2.37. The van der Waals surface area contributed by atoms with Gasteiger partial charge in [0.05, 0.1) is 13.2 Å². The average molecular weight is 260 g/mol. The van der Waals surface area contributed by atoms with Crippen LogP contribution in [0.1, 0.15) is 19.3 Å². The molecule has 0 unspecified atom stereocenters. The molecule has 2 aliphatic heterocycles. The third kappa shape index (κ3) is 2.32. The van der Waals surface area contributed by atoms with E-state index in [4.69, 9.17) is 4.74 Å². The molecule has 2 aliphatic rings. The number of methoxy groups -OCH3 is 1. The molecule has 3 rings (SSSR count). The van der Waals surface area contributed by atoms with Crippen LogP contribution in [0.2, 0.25) is 0 Å². The van der Waals surface area contributed by atoms with Crippen molar-refractivity contribution < 1.29 is 9.53 Å². The molecule has 1 aromatic carbocycles. The Hall–Kier alpha value is -1.55. The van der Waals surface area contributed by atoms with Crippen molar-refractivity contribution in [2.45, 2.75) is 25.3 Å². The topological polar surface area (TPSA) is 32.8 Å². The second-order valence-electron chi connectivity index (χ2n) is 5.24. The molecule has 0 aliphatic carbocycles. The number of likely N-dealkylation sites (tertiary alicyclic amines) is 1. The minimum absolute atomic E-state index is 0.101. The van der Waals surface area contributed by atoms with Crippen molar-refractivity contribution in [3.63, 3.8) is 0 Å². The summed E-state index contributed by atoms with van der Waals surface area (Å²) in [7, 11) is 1.65. The molecule has 19 heavy (non-hydrogen) atoms. The molecule has 2 saturated heterocycles. The molecule has 4 heteroatoms. The summed E-state index contributed by atoms with van der Waals surface area (Å²) in [4.78, 5) is 16.7. The second-order valence-corrected chi connectivity index (χ2v) is 5.24. The zero-order valence-electron chi connectivity index (χ0n) is 11.3. The van der Waals surface area contributed by atoms with Crippen LogP contribution in [0, 0.1) is 0 Å². The lowest BCUT2D eigenvalue weighted by Crippen LogP contribution is -2.40. The van der Waals surface area contributed by atoms with Crippen LogP contribution < -0.4 is 9.64 Å². The summed E-state index contributed by atoms with van der Waals surface area (Å²) >= 11 is 0. The van der Waals surface area contributed by atoms with Crippen molar-refractivity contribution in [3.8, 4) is 5.75 Å². The molecule has 1 amide bonds. The van der Waals surface area contributed by atoms with Crippen molar-refractivity contribution in [1.29, 1.82) is 0 Å². The minimum atomic E-state index is 0.101. The van der Waals surface area contributed by atoms with Crippen LogP contribution in [-0.4, -0.2) is 43.6 Å². The number of nitrogens with zero attached hydrogens (tertiary/aromatic N) is 2. The average Bonchev–Trinajstić information content (AvgIpc) is 3.08. The van der Waals surface area contributed by atoms with E-state index in [2.05, 4.69) is 4.90 Å². The van der Waals surface area contributed by atoms with E-state index in [1.54, 1.807) is 7.11 Å². The molecular formula is C15H20N2O2. The molecule has 0 N–H and O–H groups in total. The number of amides is 1. The Morgan fingerprint density at radius 3 is 2.42 bits per heavy atom. The predicted molar refractivity (Wildman–Crippen MR) is 74.6 cm³/mol. The number of ether oxygens (including phenoxy) is 1. The number of benzene rings is 1. The summed E-state index contributed by atoms with van der Waals surface area (Å²) in [6.45, 7) is 2.98. The monoisotopic (exact) mass is 260 g/mol. The maximum Gasteiger partial charge on any atom is 0.244 e. The van der Waals surface area contributed by atoms with E-state index >= 15 is 0 Å². The van der Waals surface area contributed by atoms with Gasteiger partial charge in [0.2, 0.25) is 5.91 Å². The Morgan fingerprint density at radius 1 is 1.11 bits per heavy atom. The molecule has 1 aromatic rings. The van der Waals surface area contributed by atoms with E-state index in [1.807, 2.05) is 29.2 Å². The van der Waals surface area contributed by atoms with Crippen LogP contribution >= 0.6 is 0 Å². The summed E-state index contributed by atoms with van der Waals surface area (Å²) in [6, 6.07) is 7.84. The SMILES string of the molecule is COc1ccc(N2CC[C@@H](N3CCCC3)C2=O)cc1. The summed E-state index contributed by atoms with van der Waals surface area (Å²) in [5.74, 6) is 1.08. The van der Waals surface area contributed by atoms with Crippen molar-refractivity contribution in [2.75, 3.05) is 31.6 Å². The molecule has 102 valence electrons. The van der Waals surface area contributed by atoms with E-state index in [1.165, 1.54) is 12.8 Å². The Labute approximate surface area is 113 Å². The fourth-order valence-electron chi connectivity index (χ4n) is 3.08. The molecule has 0 radical (unpaired) electrons. The standard InChI is InChI=1S/C15H20N2O2/c1-19-13-6-4-12(5-7-13)17-11-8-14(15(17)18)16-9-2-3-10-16/h4-7,14H,2-3,8-11H2,1H3/t14-/m1/s1. The van der Waals surface area contributed by atoms with Crippen molar-refractivity contribution in [1.82, 2.24) is 4.90 Å². The van der Waals surface area contributed by atoms with Gasteiger partial charge in [-0.05, 0) is 56.6 Å². The predicted octanol–water partition coefficient (Wildman–Crippen LogP) is 1.90. The second kappa shape index (κ2) is 5.21. The summed E-state index contributed by atoms with van der Waals surface area (Å²) in [5, 5.41) is 0. The molecule has 1 atom stereocenters. The smallest absolute Gasteiger partial charge is 0.244 e. The van der Waals surface area contributed by atoms with E-state index in [0.717, 1.165) is 37.5 Å². The van der Waals surface area contributed by atoms with E-state index < -0.39 is 0 Å². The Bertz CT molecular complexity index is 452. The van der Waals surface area contributed by atoms with Gasteiger partial charge in [-0.25, -0.2) is 0 Å². The lowest BCUT2D eigenvalue weighted by molar-refractivity contribution is -0.121. The lowest BCUT2D eigenvalue weighted by atomic mass is 10.2. The quantitative estimate of drug-likeness (QED) is 0.832. The Morgan fingerprint density at radius 2 is 1.79 bits per heavy atom. The van der Waals surface area contributed by atoms with Crippen molar-refractivity contribution in [2.24, 2.45) is 0 Å². The van der Waals surface area contributed by atoms with Crippen LogP contribution in [0.5, 0.6) is 5.75 Å². The summed E-state index contributed by atoms with van der Waals surface area (Å²) < 4.78 is 5.15. The molecule has 0 aromatic heterocycles. The Kier molecular flexibility index (Phi) is 3.42. The number of carbonyl (C=O) groups excluding carboxylic acids is 1. The van der Waals surface area contributed by atoms with Crippen molar-refractivity contribution >= 4 is 11.6 Å². The van der Waals surface area contributed by atoms with Crippen LogP contribution in [0.15, 0.2) is 24.3 Å². The third-order valence-corrected chi connectivity index (χ3v) is 4.14. The van der Waals surface area contributed by atoms with E-state index in [0.29, 0.717) is 0 Å². The van der Waals surface area contributed by atoms with Gasteiger partial charge in [-0.1, -0.05) is 0 Å². The number of anilines is 1. The normalized spacial score (nSPS) is 24.2. The molecule has 0 saturated carbocycles. The molecule has 0 bridgehead atoms. The first-order valence-electron chi connectivity index (χ1n) is 6.99. The van der Waals surface area contributed by atoms with Crippen molar-refractivity contribution in [3.05, 3.63) is 24.3 Å². The number of hydrogen-bond donors (Lipinski definition) is 0. The number of carbonyl (C=O) groups is 1. The fraction of sp³-hybridized carbons (Fsp3) is 0.533. The van der Waals surface area contributed by atoms with Gasteiger partial charge in [0.1, 0.15) is 5.75 Å². The highest BCUT2D eigenvalue weighted by atomic mass is 16.5. The van der Waals surface area contributed by atoms with Crippen LogP contribution in [0.25, 0.3) is 0 Å². The zero-order chi connectivity index (χ0) is 13.2. The maximum absolute atomic E-state index is 12.5. The fourth-order valence-corrected chi connectivity index (χ4v) is 3.08. The van der Waals surface area contributed by atoms with E-state index in [9.17, 15) is 4.79 Å². The minimum Gasteiger partial charge on any atom is -0.497 e. The van der Waals surface area contributed by atoms with Gasteiger partial charge in [0.25, 0.3) is 0 Å². The molecule has 2 fully saturated rings. The Balaban J connectivity index is 1.73. The highest BCUT2D eigenvalue weighted by Crippen LogP contribution is 2.27. The molecular weight excluding hydrogens is 240 g/mol. The maximum atomic E-state index is 12.5.